The van der Waals surface area contributed by atoms with Crippen molar-refractivity contribution in [3.05, 3.63) is 65.5 Å². The highest BCUT2D eigenvalue weighted by Gasteiger charge is 2.38. The van der Waals surface area contributed by atoms with Gasteiger partial charge in [-0.15, -0.1) is 0 Å². The zero-order valence-corrected chi connectivity index (χ0v) is 35.6. The molecule has 54 heavy (non-hydrogen) atoms. The van der Waals surface area contributed by atoms with E-state index in [1.807, 2.05) is 62.1 Å². The van der Waals surface area contributed by atoms with Gasteiger partial charge in [0.15, 0.2) is 5.65 Å². The summed E-state index contributed by atoms with van der Waals surface area (Å²) in [5, 5.41) is 2.69. The fraction of sp³-hybridized carbons (Fsp3) is 0.474. The average Bonchev–Trinajstić information content (AvgIpc) is 3.94. The number of pyridine rings is 1. The second kappa shape index (κ2) is 20.2. The van der Waals surface area contributed by atoms with Crippen LogP contribution in [0.25, 0.3) is 22.4 Å². The predicted molar refractivity (Wildman–Crippen MR) is 231 cm³/mol. The van der Waals surface area contributed by atoms with Crippen LogP contribution in [0.4, 0.5) is 4.79 Å². The van der Waals surface area contributed by atoms with Gasteiger partial charge in [-0.1, -0.05) is 52.7 Å². The molecule has 5 heterocycles. The van der Waals surface area contributed by atoms with Crippen LogP contribution in [0.5, 0.6) is 0 Å². The lowest BCUT2D eigenvalue weighted by molar-refractivity contribution is -0.137. The van der Waals surface area contributed by atoms with E-state index in [0.717, 1.165) is 66.2 Å². The lowest BCUT2D eigenvalue weighted by Crippen LogP contribution is -2.51. The van der Waals surface area contributed by atoms with Crippen molar-refractivity contribution in [2.24, 2.45) is 17.8 Å². The summed E-state index contributed by atoms with van der Waals surface area (Å²) in [4.78, 5) is 63.2. The molecular formula is C38H54N8O4S4. The van der Waals surface area contributed by atoms with Crippen molar-refractivity contribution in [2.45, 2.75) is 78.4 Å². The summed E-state index contributed by atoms with van der Waals surface area (Å²) in [6, 6.07) is 10.7. The fourth-order valence-corrected chi connectivity index (χ4v) is 6.71. The molecule has 0 radical (unpaired) electrons. The molecule has 3 amide bonds. The Morgan fingerprint density at radius 1 is 0.796 bits per heavy atom. The summed E-state index contributed by atoms with van der Waals surface area (Å²) >= 11 is 0. The number of alkyl carbamates (subject to hydrolysis) is 1. The lowest BCUT2D eigenvalue weighted by atomic mass is 9.96. The monoisotopic (exact) mass is 814 g/mol. The van der Waals surface area contributed by atoms with Gasteiger partial charge in [-0.3, -0.25) is 9.59 Å². The molecule has 12 nitrogen and oxygen atoms in total. The van der Waals surface area contributed by atoms with Crippen LogP contribution in [0.3, 0.4) is 0 Å². The van der Waals surface area contributed by atoms with Crippen molar-refractivity contribution < 1.29 is 19.1 Å². The number of hydrogen-bond donors (Lipinski definition) is 3. The first-order valence-corrected chi connectivity index (χ1v) is 17.5. The number of aromatic amines is 2. The molecule has 0 bridgehead atoms. The van der Waals surface area contributed by atoms with Crippen molar-refractivity contribution in [3.8, 4) is 23.1 Å². The molecule has 2 aliphatic heterocycles. The van der Waals surface area contributed by atoms with Gasteiger partial charge >= 0.3 is 6.09 Å². The van der Waals surface area contributed by atoms with E-state index in [-0.39, 0.29) is 95.6 Å². The van der Waals surface area contributed by atoms with E-state index in [9.17, 15) is 14.4 Å². The maximum atomic E-state index is 13.5. The zero-order chi connectivity index (χ0) is 35.5. The normalized spacial score (nSPS) is 17.3. The highest BCUT2D eigenvalue weighted by Crippen LogP contribution is 2.34. The highest BCUT2D eigenvalue weighted by molar-refractivity contribution is 7.59. The molecule has 3 N–H and O–H groups in total. The number of ether oxygens (including phenoxy) is 1. The first-order valence-electron chi connectivity index (χ1n) is 17.5. The first-order chi connectivity index (χ1) is 24.0. The van der Waals surface area contributed by atoms with Crippen molar-refractivity contribution in [2.75, 3.05) is 20.2 Å². The Balaban J connectivity index is 0.00000252. The van der Waals surface area contributed by atoms with Gasteiger partial charge in [0.05, 0.1) is 36.6 Å². The second-order valence-electron chi connectivity index (χ2n) is 14.0. The number of imidazole rings is 2. The number of rotatable bonds is 8. The SMILES string of the molecule is COC(=O)N[C@H](C(=O)N1CCC[C@H]1c1ncc(-c2ccc(C#Cc3ccc4[nH]c([C@@H]5CCCN5C(=O)[C@@H](C)C(C)C)nc4n3)cc2)[nH]1)C(C)C.S.S.S.S. The fourth-order valence-electron chi connectivity index (χ4n) is 6.71. The molecule has 6 rings (SSSR count). The van der Waals surface area contributed by atoms with Crippen LogP contribution in [-0.4, -0.2) is 78.9 Å². The Labute approximate surface area is 345 Å². The van der Waals surface area contributed by atoms with Crippen LogP contribution in [-0.2, 0) is 14.3 Å². The summed E-state index contributed by atoms with van der Waals surface area (Å²) < 4.78 is 4.74. The molecule has 4 atom stereocenters. The molecule has 2 fully saturated rings. The predicted octanol–water partition coefficient (Wildman–Crippen LogP) is 6.20. The smallest absolute Gasteiger partial charge is 0.407 e. The Bertz CT molecular complexity index is 1940. The summed E-state index contributed by atoms with van der Waals surface area (Å²) in [7, 11) is 1.29. The minimum Gasteiger partial charge on any atom is -0.453 e. The minimum absolute atomic E-state index is 0. The van der Waals surface area contributed by atoms with E-state index in [1.165, 1.54) is 7.11 Å². The van der Waals surface area contributed by atoms with Gasteiger partial charge in [-0.2, -0.15) is 54.0 Å². The summed E-state index contributed by atoms with van der Waals surface area (Å²) in [5.74, 6) is 8.05. The molecule has 1 aromatic carbocycles. The maximum Gasteiger partial charge on any atom is 0.407 e. The maximum absolute atomic E-state index is 13.5. The number of nitrogens with one attached hydrogen (secondary N) is 3. The Morgan fingerprint density at radius 2 is 1.43 bits per heavy atom. The van der Waals surface area contributed by atoms with Crippen LogP contribution in [0, 0.1) is 29.6 Å². The minimum atomic E-state index is -0.682. The van der Waals surface area contributed by atoms with Gasteiger partial charge in [-0.05, 0) is 73.3 Å². The molecule has 16 heteroatoms. The summed E-state index contributed by atoms with van der Waals surface area (Å²) in [6.07, 6.45) is 4.64. The molecule has 0 spiro atoms. The third-order valence-electron chi connectivity index (χ3n) is 9.97. The van der Waals surface area contributed by atoms with Gasteiger partial charge in [0, 0.05) is 24.6 Å². The van der Waals surface area contributed by atoms with Gasteiger partial charge < -0.3 is 29.8 Å². The number of methoxy groups -OCH3 is 1. The average molecular weight is 815 g/mol. The van der Waals surface area contributed by atoms with Crippen molar-refractivity contribution >= 4 is 83.1 Å². The molecule has 4 aromatic rings. The largest absolute Gasteiger partial charge is 0.453 e. The molecular weight excluding hydrogens is 761 g/mol. The van der Waals surface area contributed by atoms with E-state index < -0.39 is 12.1 Å². The van der Waals surface area contributed by atoms with Gasteiger partial charge in [0.1, 0.15) is 23.4 Å². The number of hydrogen-bond acceptors (Lipinski definition) is 7. The van der Waals surface area contributed by atoms with Crippen molar-refractivity contribution in [1.82, 2.24) is 40.0 Å². The van der Waals surface area contributed by atoms with Gasteiger partial charge in [-0.25, -0.2) is 19.7 Å². The van der Waals surface area contributed by atoms with Crippen LogP contribution in [0.15, 0.2) is 42.6 Å². The van der Waals surface area contributed by atoms with Crippen LogP contribution in [0.2, 0.25) is 0 Å². The number of benzene rings is 1. The molecule has 2 aliphatic rings. The quantitative estimate of drug-likeness (QED) is 0.180. The van der Waals surface area contributed by atoms with Crippen molar-refractivity contribution in [3.63, 3.8) is 0 Å². The number of carbonyl (C=O) groups excluding carboxylic acids is 3. The number of H-pyrrole nitrogens is 2. The number of fused-ring (bicyclic) bond motifs is 1. The van der Waals surface area contributed by atoms with Gasteiger partial charge in [0.2, 0.25) is 11.8 Å². The topological polar surface area (TPSA) is 149 Å². The van der Waals surface area contributed by atoms with E-state index >= 15 is 0 Å². The number of aromatic nitrogens is 5. The number of nitrogens with zero attached hydrogens (tertiary/aromatic N) is 5. The first kappa shape index (κ1) is 46.4. The number of amides is 3. The molecule has 0 saturated carbocycles. The molecule has 294 valence electrons. The Morgan fingerprint density at radius 3 is 2.04 bits per heavy atom. The van der Waals surface area contributed by atoms with Crippen LogP contribution in [0.1, 0.15) is 95.3 Å². The summed E-state index contributed by atoms with van der Waals surface area (Å²) in [5.41, 5.74) is 4.66. The molecule has 2 saturated heterocycles. The van der Waals surface area contributed by atoms with E-state index in [4.69, 9.17) is 14.7 Å². The number of likely N-dealkylation sites (tertiary alicyclic amines) is 2. The van der Waals surface area contributed by atoms with E-state index in [2.05, 4.69) is 46.0 Å². The molecule has 3 aromatic heterocycles. The second-order valence-corrected chi connectivity index (χ2v) is 14.0. The molecule has 0 aliphatic carbocycles. The van der Waals surface area contributed by atoms with Crippen LogP contribution >= 0.6 is 54.0 Å². The van der Waals surface area contributed by atoms with Crippen LogP contribution < -0.4 is 5.32 Å². The Hall–Kier alpha value is -3.78. The van der Waals surface area contributed by atoms with Gasteiger partial charge in [0.25, 0.3) is 0 Å². The van der Waals surface area contributed by atoms with E-state index in [0.29, 0.717) is 17.9 Å². The Kier molecular flexibility index (Phi) is 17.4. The van der Waals surface area contributed by atoms with Crippen molar-refractivity contribution in [1.29, 1.82) is 0 Å². The third kappa shape index (κ3) is 10.1. The summed E-state index contributed by atoms with van der Waals surface area (Å²) in [6.45, 7) is 11.3. The number of carbonyl (C=O) groups is 3. The highest BCUT2D eigenvalue weighted by atomic mass is 32.1. The molecule has 0 unspecified atom stereocenters. The lowest BCUT2D eigenvalue weighted by Gasteiger charge is -2.30. The van der Waals surface area contributed by atoms with E-state index in [1.54, 1.807) is 11.1 Å². The standard InChI is InChI=1S/C38H46N8O4.4H2S/c1-22(2)24(5)36(47)45-19-8-10-31(45)35-41-28-18-17-27(40-33(28)44-35)16-13-25-11-14-26(15-12-25)29-21-39-34(42-29)30-9-7-20-46(30)37(48)32(23(3)4)43-38(49)50-6;;;;/h11-12,14-15,17-18,21-24,30-32H,7-10,19-20H2,1-6H3,(H,39,42)(H,43,49)(H,40,41,44);4*1H2/t24-,30-,31-,32-;;;;/m0..../s1. The third-order valence-corrected chi connectivity index (χ3v) is 9.97. The zero-order valence-electron chi connectivity index (χ0n) is 31.6.